The molecular formula is C26H31N3O7S. The van der Waals surface area contributed by atoms with Gasteiger partial charge in [0.05, 0.1) is 46.4 Å². The molecule has 1 aliphatic rings. The zero-order valence-corrected chi connectivity index (χ0v) is 22.5. The van der Waals surface area contributed by atoms with E-state index in [-0.39, 0.29) is 18.3 Å². The van der Waals surface area contributed by atoms with Gasteiger partial charge >= 0.3 is 5.97 Å². The van der Waals surface area contributed by atoms with Gasteiger partial charge in [0.2, 0.25) is 11.7 Å². The Kier molecular flexibility index (Phi) is 9.67. The van der Waals surface area contributed by atoms with Gasteiger partial charge in [0, 0.05) is 11.4 Å². The molecule has 0 saturated carbocycles. The number of nitrogens with one attached hydrogen (secondary N) is 2. The number of amidine groups is 1. The lowest BCUT2D eigenvalue weighted by Gasteiger charge is -2.26. The summed E-state index contributed by atoms with van der Waals surface area (Å²) in [4.78, 5) is 30.2. The molecule has 1 aliphatic heterocycles. The number of carbonyl (C=O) groups is 2. The third-order valence-corrected chi connectivity index (χ3v) is 6.32. The molecule has 0 aromatic heterocycles. The summed E-state index contributed by atoms with van der Waals surface area (Å²) in [6.07, 6.45) is 0. The second-order valence-electron chi connectivity index (χ2n) is 7.74. The van der Waals surface area contributed by atoms with Gasteiger partial charge in [0.15, 0.2) is 16.7 Å². The summed E-state index contributed by atoms with van der Waals surface area (Å²) in [5, 5.41) is 6.45. The van der Waals surface area contributed by atoms with Crippen LogP contribution in [0, 0.1) is 0 Å². The van der Waals surface area contributed by atoms with Crippen LogP contribution in [0.5, 0.6) is 23.0 Å². The number of esters is 1. The van der Waals surface area contributed by atoms with E-state index < -0.39 is 12.0 Å². The summed E-state index contributed by atoms with van der Waals surface area (Å²) in [6.45, 7) is 3.73. The first-order valence-electron chi connectivity index (χ1n) is 11.4. The largest absolute Gasteiger partial charge is 0.497 e. The van der Waals surface area contributed by atoms with Crippen LogP contribution in [0.15, 0.2) is 52.7 Å². The number of rotatable bonds is 10. The molecule has 198 valence electrons. The Morgan fingerprint density at radius 2 is 1.65 bits per heavy atom. The second kappa shape index (κ2) is 12.9. The Hall–Kier alpha value is -3.86. The number of benzene rings is 2. The van der Waals surface area contributed by atoms with Gasteiger partial charge in [-0.1, -0.05) is 11.8 Å². The molecular weight excluding hydrogens is 498 g/mol. The fourth-order valence-corrected chi connectivity index (χ4v) is 4.44. The molecule has 37 heavy (non-hydrogen) atoms. The molecule has 2 aromatic carbocycles. The van der Waals surface area contributed by atoms with E-state index in [1.165, 1.54) is 33.1 Å². The molecule has 0 radical (unpaired) electrons. The van der Waals surface area contributed by atoms with E-state index in [0.717, 1.165) is 0 Å². The topological polar surface area (TPSA) is 117 Å². The normalized spacial score (nSPS) is 14.8. The monoisotopic (exact) mass is 529 g/mol. The van der Waals surface area contributed by atoms with Crippen LogP contribution in [0.2, 0.25) is 0 Å². The minimum absolute atomic E-state index is 0.0991. The minimum atomic E-state index is -0.721. The van der Waals surface area contributed by atoms with Crippen molar-refractivity contribution in [2.75, 3.05) is 46.1 Å². The zero-order chi connectivity index (χ0) is 26.9. The number of aliphatic imine (C=N–C) groups is 1. The maximum Gasteiger partial charge on any atom is 0.338 e. The molecule has 1 atom stereocenters. The molecule has 2 aromatic rings. The first-order chi connectivity index (χ1) is 17.8. The van der Waals surface area contributed by atoms with Gasteiger partial charge in [0.25, 0.3) is 0 Å². The third kappa shape index (κ3) is 6.67. The van der Waals surface area contributed by atoms with Crippen molar-refractivity contribution < 1.29 is 33.3 Å². The van der Waals surface area contributed by atoms with Crippen LogP contribution in [-0.2, 0) is 14.3 Å². The van der Waals surface area contributed by atoms with Crippen LogP contribution >= 0.6 is 11.8 Å². The molecule has 0 spiro atoms. The summed E-state index contributed by atoms with van der Waals surface area (Å²) >= 11 is 1.22. The van der Waals surface area contributed by atoms with Gasteiger partial charge in [-0.3, -0.25) is 4.79 Å². The second-order valence-corrected chi connectivity index (χ2v) is 8.71. The van der Waals surface area contributed by atoms with E-state index in [0.29, 0.717) is 50.7 Å². The van der Waals surface area contributed by atoms with Crippen LogP contribution in [0.3, 0.4) is 0 Å². The predicted molar refractivity (Wildman–Crippen MR) is 143 cm³/mol. The Balaban J connectivity index is 1.88. The molecule has 10 nitrogen and oxygen atoms in total. The number of allylic oxidation sites excluding steroid dienone is 1. The summed E-state index contributed by atoms with van der Waals surface area (Å²) < 4.78 is 26.8. The van der Waals surface area contributed by atoms with Crippen molar-refractivity contribution >= 4 is 34.5 Å². The van der Waals surface area contributed by atoms with Crippen molar-refractivity contribution in [2.45, 2.75) is 19.9 Å². The molecule has 2 N–H and O–H groups in total. The minimum Gasteiger partial charge on any atom is -0.497 e. The van der Waals surface area contributed by atoms with Gasteiger partial charge < -0.3 is 34.3 Å². The fraction of sp³-hybridized carbons (Fsp3) is 0.346. The average molecular weight is 530 g/mol. The number of ether oxygens (including phenoxy) is 5. The summed E-state index contributed by atoms with van der Waals surface area (Å²) in [5.74, 6) is 1.39. The van der Waals surface area contributed by atoms with Crippen molar-refractivity contribution in [1.82, 2.24) is 5.32 Å². The highest BCUT2D eigenvalue weighted by molar-refractivity contribution is 8.14. The Morgan fingerprint density at radius 3 is 2.19 bits per heavy atom. The predicted octanol–water partition coefficient (Wildman–Crippen LogP) is 3.93. The molecule has 1 heterocycles. The lowest BCUT2D eigenvalue weighted by molar-refractivity contribution is -0.139. The van der Waals surface area contributed by atoms with Crippen molar-refractivity contribution in [1.29, 1.82) is 0 Å². The van der Waals surface area contributed by atoms with E-state index in [4.69, 9.17) is 28.7 Å². The van der Waals surface area contributed by atoms with Crippen molar-refractivity contribution in [3.8, 4) is 23.0 Å². The third-order valence-electron chi connectivity index (χ3n) is 5.43. The highest BCUT2D eigenvalue weighted by Crippen LogP contribution is 2.43. The standard InChI is InChI=1S/C26H31N3O7S/c1-7-36-25(31)22-15(2)27-26(37-14-21(30)28-17-8-10-18(32-3)11-9-17)29-23(22)16-12-19(33-4)24(35-6)20(13-16)34-5/h8-13,23H,7,14H2,1-6H3,(H,27,29)(H,28,30)/t23-/m1/s1. The van der Waals surface area contributed by atoms with Crippen molar-refractivity contribution in [3.05, 3.63) is 53.2 Å². The van der Waals surface area contributed by atoms with Gasteiger partial charge in [0.1, 0.15) is 11.8 Å². The number of carbonyl (C=O) groups excluding carboxylic acids is 2. The Labute approximate surface area is 220 Å². The van der Waals surface area contributed by atoms with E-state index >= 15 is 0 Å². The average Bonchev–Trinajstić information content (AvgIpc) is 2.91. The molecule has 1 amide bonds. The summed E-state index contributed by atoms with van der Waals surface area (Å²) in [5.41, 5.74) is 2.22. The van der Waals surface area contributed by atoms with E-state index in [1.807, 2.05) is 0 Å². The van der Waals surface area contributed by atoms with Crippen LogP contribution in [0.1, 0.15) is 25.5 Å². The maximum absolute atomic E-state index is 12.9. The van der Waals surface area contributed by atoms with Gasteiger partial charge in [-0.25, -0.2) is 9.79 Å². The lowest BCUT2D eigenvalue weighted by atomic mass is 9.96. The van der Waals surface area contributed by atoms with E-state index in [2.05, 4.69) is 10.6 Å². The highest BCUT2D eigenvalue weighted by atomic mass is 32.2. The van der Waals surface area contributed by atoms with E-state index in [9.17, 15) is 9.59 Å². The van der Waals surface area contributed by atoms with Gasteiger partial charge in [-0.2, -0.15) is 0 Å². The number of amides is 1. The number of hydrogen-bond donors (Lipinski definition) is 2. The number of hydrogen-bond acceptors (Lipinski definition) is 10. The van der Waals surface area contributed by atoms with Gasteiger partial charge in [-0.05, 0) is 55.8 Å². The highest BCUT2D eigenvalue weighted by Gasteiger charge is 2.32. The van der Waals surface area contributed by atoms with Crippen LogP contribution < -0.4 is 29.6 Å². The lowest BCUT2D eigenvalue weighted by Crippen LogP contribution is -2.31. The van der Waals surface area contributed by atoms with Crippen LogP contribution in [0.4, 0.5) is 5.69 Å². The molecule has 3 rings (SSSR count). The first kappa shape index (κ1) is 27.7. The molecule has 0 unspecified atom stereocenters. The summed E-state index contributed by atoms with van der Waals surface area (Å²) in [6, 6.07) is 9.82. The van der Waals surface area contributed by atoms with E-state index in [1.54, 1.807) is 57.4 Å². The Morgan fingerprint density at radius 1 is 1.00 bits per heavy atom. The SMILES string of the molecule is CCOC(=O)C1=C(C)NC(SCC(=O)Nc2ccc(OC)cc2)=N[C@@H]1c1cc(OC)c(OC)c(OC)c1. The molecule has 0 aliphatic carbocycles. The van der Waals surface area contributed by atoms with Crippen molar-refractivity contribution in [3.63, 3.8) is 0 Å². The van der Waals surface area contributed by atoms with Crippen LogP contribution in [0.25, 0.3) is 0 Å². The fourth-order valence-electron chi connectivity index (χ4n) is 3.70. The number of anilines is 1. The Bertz CT molecular complexity index is 1170. The molecule has 0 saturated heterocycles. The number of thioether (sulfide) groups is 1. The van der Waals surface area contributed by atoms with Gasteiger partial charge in [-0.15, -0.1) is 0 Å². The summed E-state index contributed by atoms with van der Waals surface area (Å²) in [7, 11) is 6.13. The molecule has 0 bridgehead atoms. The first-order valence-corrected chi connectivity index (χ1v) is 12.4. The zero-order valence-electron chi connectivity index (χ0n) is 21.7. The van der Waals surface area contributed by atoms with Crippen LogP contribution in [-0.4, -0.2) is 57.8 Å². The smallest absolute Gasteiger partial charge is 0.338 e. The maximum atomic E-state index is 12.9. The molecule has 0 fully saturated rings. The quantitative estimate of drug-likeness (QED) is 0.442. The number of methoxy groups -OCH3 is 4. The molecule has 11 heteroatoms. The van der Waals surface area contributed by atoms with Crippen molar-refractivity contribution in [2.24, 2.45) is 4.99 Å². The number of nitrogens with zero attached hydrogens (tertiary/aromatic N) is 1.